The van der Waals surface area contributed by atoms with Crippen LogP contribution in [-0.2, 0) is 11.2 Å². The number of non-ortho nitro benzene ring substituents is 1. The molecule has 1 rings (SSSR count). The van der Waals surface area contributed by atoms with E-state index >= 15 is 0 Å². The van der Waals surface area contributed by atoms with Gasteiger partial charge in [0.25, 0.3) is 5.69 Å². The monoisotopic (exact) mass is 215 g/mol. The van der Waals surface area contributed by atoms with Crippen LogP contribution in [0, 0.1) is 15.9 Å². The summed E-state index contributed by atoms with van der Waals surface area (Å²) in [6.45, 7) is 0. The Hall–Kier alpha value is -2.18. The number of nitro benzene ring substituents is 1. The van der Waals surface area contributed by atoms with Gasteiger partial charge in [0.1, 0.15) is 0 Å². The van der Waals surface area contributed by atoms with E-state index in [1.165, 1.54) is 0 Å². The van der Waals surface area contributed by atoms with Crippen LogP contribution in [0.3, 0.4) is 0 Å². The maximum absolute atomic E-state index is 12.9. The molecule has 0 saturated heterocycles. The average molecular weight is 215 g/mol. The van der Waals surface area contributed by atoms with E-state index in [1.54, 1.807) is 0 Å². The molecule has 6 nitrogen and oxygen atoms in total. The summed E-state index contributed by atoms with van der Waals surface area (Å²) in [4.78, 5) is 19.8. The molecule has 1 aromatic rings. The van der Waals surface area contributed by atoms with E-state index in [0.717, 1.165) is 6.07 Å². The van der Waals surface area contributed by atoms with Gasteiger partial charge in [-0.05, 0) is 0 Å². The number of hydrogen-bond donors (Lipinski definition) is 2. The first-order chi connectivity index (χ1) is 6.91. The van der Waals surface area contributed by atoms with Gasteiger partial charge in [-0.2, -0.15) is 0 Å². The lowest BCUT2D eigenvalue weighted by Gasteiger charge is -2.02. The molecule has 0 aliphatic carbocycles. The van der Waals surface area contributed by atoms with Crippen molar-refractivity contribution >= 4 is 11.7 Å². The highest BCUT2D eigenvalue weighted by molar-refractivity contribution is 5.71. The van der Waals surface area contributed by atoms with E-state index in [1.807, 2.05) is 0 Å². The van der Waals surface area contributed by atoms with Gasteiger partial charge in [-0.25, -0.2) is 4.39 Å². The van der Waals surface area contributed by atoms with Crippen molar-refractivity contribution < 1.29 is 24.3 Å². The third-order valence-electron chi connectivity index (χ3n) is 1.68. The van der Waals surface area contributed by atoms with Gasteiger partial charge in [-0.3, -0.25) is 14.9 Å². The number of halogens is 1. The smallest absolute Gasteiger partial charge is 0.307 e. The average Bonchev–Trinajstić information content (AvgIpc) is 2.11. The van der Waals surface area contributed by atoms with Gasteiger partial charge < -0.3 is 10.2 Å². The molecule has 7 heteroatoms. The van der Waals surface area contributed by atoms with Gasteiger partial charge in [0, 0.05) is 11.6 Å². The first kappa shape index (κ1) is 10.9. The summed E-state index contributed by atoms with van der Waals surface area (Å²) in [6, 6.07) is 1.35. The number of hydrogen-bond acceptors (Lipinski definition) is 4. The standard InChI is InChI=1S/C8H6FNO5/c9-6-3-5(10(14)15)1-4(8(6)13)2-7(11)12/h1,3,13H,2H2,(H,11,12). The van der Waals surface area contributed by atoms with Crippen LogP contribution in [0.1, 0.15) is 5.56 Å². The summed E-state index contributed by atoms with van der Waals surface area (Å²) in [7, 11) is 0. The number of carbonyl (C=O) groups is 1. The molecular weight excluding hydrogens is 209 g/mol. The van der Waals surface area contributed by atoms with Crippen LogP contribution in [0.2, 0.25) is 0 Å². The third kappa shape index (κ3) is 2.39. The lowest BCUT2D eigenvalue weighted by atomic mass is 10.1. The van der Waals surface area contributed by atoms with E-state index in [0.29, 0.717) is 6.07 Å². The van der Waals surface area contributed by atoms with Crippen LogP contribution in [-0.4, -0.2) is 21.1 Å². The summed E-state index contributed by atoms with van der Waals surface area (Å²) >= 11 is 0. The molecular formula is C8H6FNO5. The second-order valence-electron chi connectivity index (χ2n) is 2.76. The fourth-order valence-corrected chi connectivity index (χ4v) is 1.04. The number of rotatable bonds is 3. The van der Waals surface area contributed by atoms with Gasteiger partial charge in [-0.1, -0.05) is 0 Å². The van der Waals surface area contributed by atoms with Gasteiger partial charge in [0.05, 0.1) is 17.4 Å². The molecule has 0 bridgehead atoms. The van der Waals surface area contributed by atoms with Crippen molar-refractivity contribution in [2.45, 2.75) is 6.42 Å². The van der Waals surface area contributed by atoms with Crippen molar-refractivity contribution in [1.29, 1.82) is 0 Å². The molecule has 0 unspecified atom stereocenters. The molecule has 0 atom stereocenters. The van der Waals surface area contributed by atoms with Crippen LogP contribution in [0.5, 0.6) is 5.75 Å². The van der Waals surface area contributed by atoms with Crippen molar-refractivity contribution in [3.05, 3.63) is 33.6 Å². The molecule has 0 aliphatic rings. The minimum Gasteiger partial charge on any atom is -0.505 e. The summed E-state index contributed by atoms with van der Waals surface area (Å²) < 4.78 is 12.9. The zero-order valence-electron chi connectivity index (χ0n) is 7.31. The third-order valence-corrected chi connectivity index (χ3v) is 1.68. The molecule has 0 saturated carbocycles. The van der Waals surface area contributed by atoms with E-state index in [-0.39, 0.29) is 5.56 Å². The number of nitro groups is 1. The molecule has 0 fully saturated rings. The highest BCUT2D eigenvalue weighted by atomic mass is 19.1. The first-order valence-electron chi connectivity index (χ1n) is 3.79. The summed E-state index contributed by atoms with van der Waals surface area (Å²) in [5, 5.41) is 27.8. The minimum absolute atomic E-state index is 0.325. The fourth-order valence-electron chi connectivity index (χ4n) is 1.04. The predicted octanol–water partition coefficient (Wildman–Crippen LogP) is 1.07. The maximum Gasteiger partial charge on any atom is 0.307 e. The van der Waals surface area contributed by atoms with E-state index < -0.39 is 34.6 Å². The van der Waals surface area contributed by atoms with Crippen LogP contribution in [0.15, 0.2) is 12.1 Å². The maximum atomic E-state index is 12.9. The number of carboxylic acids is 1. The fraction of sp³-hybridized carbons (Fsp3) is 0.125. The number of nitrogens with zero attached hydrogens (tertiary/aromatic N) is 1. The van der Waals surface area contributed by atoms with Gasteiger partial charge in [0.15, 0.2) is 11.6 Å². The highest BCUT2D eigenvalue weighted by Gasteiger charge is 2.17. The Morgan fingerprint density at radius 2 is 2.13 bits per heavy atom. The minimum atomic E-state index is -1.31. The predicted molar refractivity (Wildman–Crippen MR) is 46.1 cm³/mol. The van der Waals surface area contributed by atoms with E-state index in [2.05, 4.69) is 0 Å². The number of phenols is 1. The Morgan fingerprint density at radius 3 is 2.60 bits per heavy atom. The van der Waals surface area contributed by atoms with Crippen molar-refractivity contribution in [3.63, 3.8) is 0 Å². The second-order valence-corrected chi connectivity index (χ2v) is 2.76. The molecule has 0 aliphatic heterocycles. The molecule has 80 valence electrons. The van der Waals surface area contributed by atoms with Crippen molar-refractivity contribution in [2.75, 3.05) is 0 Å². The molecule has 0 amide bonds. The molecule has 0 aromatic heterocycles. The van der Waals surface area contributed by atoms with Gasteiger partial charge in [0.2, 0.25) is 0 Å². The molecule has 0 radical (unpaired) electrons. The van der Waals surface area contributed by atoms with E-state index in [9.17, 15) is 19.3 Å². The van der Waals surface area contributed by atoms with Gasteiger partial charge >= 0.3 is 5.97 Å². The molecule has 2 N–H and O–H groups in total. The highest BCUT2D eigenvalue weighted by Crippen LogP contribution is 2.27. The van der Waals surface area contributed by atoms with E-state index in [4.69, 9.17) is 10.2 Å². The normalized spacial score (nSPS) is 9.93. The Labute approximate surface area is 82.7 Å². The van der Waals surface area contributed by atoms with Crippen LogP contribution in [0.25, 0.3) is 0 Å². The number of phenolic OH excluding ortho intramolecular Hbond substituents is 1. The van der Waals surface area contributed by atoms with Crippen molar-refractivity contribution in [3.8, 4) is 5.75 Å². The SMILES string of the molecule is O=C(O)Cc1cc([N+](=O)[O-])cc(F)c1O. The molecule has 0 heterocycles. The molecule has 15 heavy (non-hydrogen) atoms. The van der Waals surface area contributed by atoms with Crippen LogP contribution >= 0.6 is 0 Å². The van der Waals surface area contributed by atoms with Gasteiger partial charge in [-0.15, -0.1) is 0 Å². The number of benzene rings is 1. The number of carboxylic acid groups (broad SMARTS) is 1. The van der Waals surface area contributed by atoms with Crippen molar-refractivity contribution in [2.24, 2.45) is 0 Å². The zero-order chi connectivity index (χ0) is 11.6. The van der Waals surface area contributed by atoms with Crippen LogP contribution < -0.4 is 0 Å². The topological polar surface area (TPSA) is 101 Å². The quantitative estimate of drug-likeness (QED) is 0.580. The Morgan fingerprint density at radius 1 is 1.53 bits per heavy atom. The summed E-state index contributed by atoms with van der Waals surface area (Å²) in [6.07, 6.45) is -0.676. The number of aliphatic carboxylic acids is 1. The largest absolute Gasteiger partial charge is 0.505 e. The molecule has 1 aromatic carbocycles. The number of aromatic hydroxyl groups is 1. The Bertz CT molecular complexity index is 431. The summed E-state index contributed by atoms with van der Waals surface area (Å²) in [5.41, 5.74) is -0.921. The lowest BCUT2D eigenvalue weighted by molar-refractivity contribution is -0.385. The van der Waals surface area contributed by atoms with Crippen molar-refractivity contribution in [1.82, 2.24) is 0 Å². The first-order valence-corrected chi connectivity index (χ1v) is 3.79. The zero-order valence-corrected chi connectivity index (χ0v) is 7.31. The van der Waals surface area contributed by atoms with Crippen LogP contribution in [0.4, 0.5) is 10.1 Å². The lowest BCUT2D eigenvalue weighted by Crippen LogP contribution is -2.02. The summed E-state index contributed by atoms with van der Waals surface area (Å²) in [5.74, 6) is -3.39. The Kier molecular flexibility index (Phi) is 2.84. The second kappa shape index (κ2) is 3.91. The molecule has 0 spiro atoms. The Balaban J connectivity index is 3.24.